The van der Waals surface area contributed by atoms with E-state index >= 15 is 0 Å². The molecule has 0 fully saturated rings. The number of nitrogens with zero attached hydrogens (tertiary/aromatic N) is 1. The molecule has 0 saturated heterocycles. The van der Waals surface area contributed by atoms with Crippen molar-refractivity contribution in [3.63, 3.8) is 0 Å². The molecule has 0 saturated carbocycles. The fourth-order valence-corrected chi connectivity index (χ4v) is 0.600. The van der Waals surface area contributed by atoms with Gasteiger partial charge in [0.15, 0.2) is 0 Å². The maximum atomic E-state index is 11.0. The van der Waals surface area contributed by atoms with E-state index < -0.39 is 17.7 Å². The average molecular weight is 203 g/mol. The van der Waals surface area contributed by atoms with Crippen LogP contribution in [0.4, 0.5) is 0 Å². The van der Waals surface area contributed by atoms with E-state index in [2.05, 4.69) is 19.7 Å². The van der Waals surface area contributed by atoms with E-state index in [1.54, 1.807) is 0 Å². The molecule has 14 heavy (non-hydrogen) atoms. The number of hydrogen-bond donors (Lipinski definition) is 0. The van der Waals surface area contributed by atoms with Crippen LogP contribution in [0.3, 0.4) is 0 Å². The average Bonchev–Trinajstić information content (AvgIpc) is 2.16. The molecule has 3 amide bonds. The van der Waals surface area contributed by atoms with Crippen molar-refractivity contribution in [3.05, 3.63) is 38.0 Å². The molecule has 0 aliphatic carbocycles. The van der Waals surface area contributed by atoms with Crippen LogP contribution in [0.2, 0.25) is 0 Å². The Labute approximate surface area is 104 Å². The SMILES string of the molecule is C=CC(=O)N(C(=O)C=C)C(=O)C=C.[NaH]. The molecule has 0 N–H and O–H groups in total. The zero-order chi connectivity index (χ0) is 10.4. The molecular formula is C9H10NNaO3. The summed E-state index contributed by atoms with van der Waals surface area (Å²) >= 11 is 0. The van der Waals surface area contributed by atoms with Crippen LogP contribution in [0, 0.1) is 0 Å². The van der Waals surface area contributed by atoms with Crippen LogP contribution in [-0.2, 0) is 14.4 Å². The van der Waals surface area contributed by atoms with Crippen molar-refractivity contribution in [2.24, 2.45) is 0 Å². The summed E-state index contributed by atoms with van der Waals surface area (Å²) < 4.78 is 0. The first-order valence-electron chi connectivity index (χ1n) is 3.37. The Hall–Kier alpha value is -0.970. The molecule has 0 aromatic rings. The summed E-state index contributed by atoms with van der Waals surface area (Å²) in [4.78, 5) is 33.3. The van der Waals surface area contributed by atoms with E-state index in [0.29, 0.717) is 4.90 Å². The number of hydrogen-bond acceptors (Lipinski definition) is 3. The predicted molar refractivity (Wildman–Crippen MR) is 54.6 cm³/mol. The van der Waals surface area contributed by atoms with Crippen LogP contribution in [0.1, 0.15) is 0 Å². The van der Waals surface area contributed by atoms with E-state index in [-0.39, 0.29) is 29.6 Å². The first-order valence-corrected chi connectivity index (χ1v) is 3.37. The van der Waals surface area contributed by atoms with E-state index in [1.807, 2.05) is 0 Å². The molecule has 0 bridgehead atoms. The molecule has 5 heteroatoms. The normalized spacial score (nSPS) is 7.71. The summed E-state index contributed by atoms with van der Waals surface area (Å²) in [6, 6.07) is 0. The van der Waals surface area contributed by atoms with Gasteiger partial charge >= 0.3 is 29.6 Å². The summed E-state index contributed by atoms with van der Waals surface area (Å²) in [5, 5.41) is 0. The summed E-state index contributed by atoms with van der Waals surface area (Å²) in [5.41, 5.74) is 0. The van der Waals surface area contributed by atoms with Crippen molar-refractivity contribution in [2.75, 3.05) is 0 Å². The topological polar surface area (TPSA) is 54.5 Å². The van der Waals surface area contributed by atoms with Gasteiger partial charge in [0.2, 0.25) is 0 Å². The molecule has 0 aromatic heterocycles. The van der Waals surface area contributed by atoms with Gasteiger partial charge in [-0.2, -0.15) is 0 Å². The van der Waals surface area contributed by atoms with E-state index in [4.69, 9.17) is 0 Å². The molecule has 0 spiro atoms. The second-order valence-corrected chi connectivity index (χ2v) is 1.96. The van der Waals surface area contributed by atoms with Crippen LogP contribution in [0.25, 0.3) is 0 Å². The molecule has 0 aromatic carbocycles. The standard InChI is InChI=1S/C9H9NO3.Na.H/c1-4-7(11)10(8(12)5-2)9(13)6-3;;/h4-6H,1-3H2;;. The maximum absolute atomic E-state index is 11.0. The fraction of sp³-hybridized carbons (Fsp3) is 0. The Kier molecular flexibility index (Phi) is 8.23. The van der Waals surface area contributed by atoms with E-state index in [1.165, 1.54) is 0 Å². The van der Waals surface area contributed by atoms with Crippen LogP contribution in [0.5, 0.6) is 0 Å². The number of rotatable bonds is 3. The van der Waals surface area contributed by atoms with Gasteiger partial charge in [-0.1, -0.05) is 19.7 Å². The van der Waals surface area contributed by atoms with E-state index in [9.17, 15) is 14.4 Å². The zero-order valence-corrected chi connectivity index (χ0v) is 7.03. The zero-order valence-electron chi connectivity index (χ0n) is 7.03. The van der Waals surface area contributed by atoms with Gasteiger partial charge in [-0.05, 0) is 18.2 Å². The first-order chi connectivity index (χ1) is 6.08. The fourth-order valence-electron chi connectivity index (χ4n) is 0.600. The van der Waals surface area contributed by atoms with Gasteiger partial charge in [-0.3, -0.25) is 14.4 Å². The molecule has 0 unspecified atom stereocenters. The molecule has 0 radical (unpaired) electrons. The Morgan fingerprint density at radius 2 is 1.00 bits per heavy atom. The minimum absolute atomic E-state index is 0. The third kappa shape index (κ3) is 3.83. The molecule has 0 rings (SSSR count). The molecule has 70 valence electrons. The van der Waals surface area contributed by atoms with Crippen molar-refractivity contribution in [1.82, 2.24) is 4.90 Å². The molecular weight excluding hydrogens is 193 g/mol. The summed E-state index contributed by atoms with van der Waals surface area (Å²) in [6.07, 6.45) is 2.59. The molecule has 0 heterocycles. The van der Waals surface area contributed by atoms with Crippen LogP contribution in [0.15, 0.2) is 38.0 Å². The molecule has 0 aliphatic heterocycles. The summed E-state index contributed by atoms with van der Waals surface area (Å²) in [7, 11) is 0. The molecule has 0 atom stereocenters. The number of amides is 3. The number of imide groups is 3. The van der Waals surface area contributed by atoms with Gasteiger partial charge in [-0.15, -0.1) is 0 Å². The van der Waals surface area contributed by atoms with Gasteiger partial charge in [0.1, 0.15) is 0 Å². The summed E-state index contributed by atoms with van der Waals surface area (Å²) in [6.45, 7) is 9.45. The van der Waals surface area contributed by atoms with Gasteiger partial charge in [0.25, 0.3) is 17.7 Å². The number of carbonyl (C=O) groups is 3. The quantitative estimate of drug-likeness (QED) is 0.470. The van der Waals surface area contributed by atoms with Gasteiger partial charge in [-0.25, -0.2) is 4.90 Å². The second-order valence-electron chi connectivity index (χ2n) is 1.96. The molecule has 4 nitrogen and oxygen atoms in total. The monoisotopic (exact) mass is 203 g/mol. The minimum atomic E-state index is -0.796. The first kappa shape index (κ1) is 15.5. The second kappa shape index (κ2) is 7.44. The van der Waals surface area contributed by atoms with Crippen LogP contribution < -0.4 is 0 Å². The summed E-state index contributed by atoms with van der Waals surface area (Å²) in [5.74, 6) is -2.39. The number of carbonyl (C=O) groups excluding carboxylic acids is 3. The van der Waals surface area contributed by atoms with Crippen molar-refractivity contribution in [3.8, 4) is 0 Å². The van der Waals surface area contributed by atoms with Crippen molar-refractivity contribution in [2.45, 2.75) is 0 Å². The van der Waals surface area contributed by atoms with Crippen LogP contribution in [-0.4, -0.2) is 52.2 Å². The Bertz CT molecular complexity index is 249. The van der Waals surface area contributed by atoms with Gasteiger partial charge < -0.3 is 0 Å². The van der Waals surface area contributed by atoms with Crippen molar-refractivity contribution < 1.29 is 14.4 Å². The van der Waals surface area contributed by atoms with Gasteiger partial charge in [0, 0.05) is 0 Å². The van der Waals surface area contributed by atoms with Crippen molar-refractivity contribution >= 4 is 47.3 Å². The van der Waals surface area contributed by atoms with Crippen LogP contribution >= 0.6 is 0 Å². The van der Waals surface area contributed by atoms with Gasteiger partial charge in [0.05, 0.1) is 0 Å². The van der Waals surface area contributed by atoms with E-state index in [0.717, 1.165) is 18.2 Å². The third-order valence-corrected chi connectivity index (χ3v) is 1.19. The molecule has 0 aliphatic rings. The predicted octanol–water partition coefficient (Wildman–Crippen LogP) is -0.222. The third-order valence-electron chi connectivity index (χ3n) is 1.19. The van der Waals surface area contributed by atoms with Crippen molar-refractivity contribution in [1.29, 1.82) is 0 Å². The Balaban J connectivity index is 0. The Morgan fingerprint density at radius 3 is 1.14 bits per heavy atom. The Morgan fingerprint density at radius 1 is 0.786 bits per heavy atom.